The van der Waals surface area contributed by atoms with E-state index in [9.17, 15) is 4.79 Å². The number of aromatic amines is 1. The van der Waals surface area contributed by atoms with Crippen molar-refractivity contribution in [2.45, 2.75) is 6.92 Å². The first-order valence-electron chi connectivity index (χ1n) is 4.41. The van der Waals surface area contributed by atoms with Gasteiger partial charge in [-0.05, 0) is 19.1 Å². The molecule has 5 heteroatoms. The minimum absolute atomic E-state index is 0.307. The average Bonchev–Trinajstić information content (AvgIpc) is 2.84. The Bertz CT molecular complexity index is 484. The van der Waals surface area contributed by atoms with Gasteiger partial charge in [0.05, 0.1) is 13.3 Å². The molecule has 0 spiro atoms. The molecule has 0 bridgehead atoms. The van der Waals surface area contributed by atoms with Crippen molar-refractivity contribution in [1.82, 2.24) is 9.97 Å². The van der Waals surface area contributed by atoms with Crippen molar-refractivity contribution in [3.63, 3.8) is 0 Å². The molecule has 0 atom stereocenters. The monoisotopic (exact) mass is 206 g/mol. The quantitative estimate of drug-likeness (QED) is 0.760. The first kappa shape index (κ1) is 9.51. The number of ether oxygens (including phenoxy) is 1. The number of imidazole rings is 1. The number of hydrogen-bond donors (Lipinski definition) is 1. The molecule has 0 aromatic carbocycles. The third-order valence-electron chi connectivity index (χ3n) is 1.95. The Balaban J connectivity index is 2.31. The number of nitrogens with one attached hydrogen (secondary N) is 1. The third-order valence-corrected chi connectivity index (χ3v) is 1.95. The predicted molar refractivity (Wildman–Crippen MR) is 52.4 cm³/mol. The molecule has 78 valence electrons. The lowest BCUT2D eigenvalue weighted by atomic mass is 10.4. The van der Waals surface area contributed by atoms with Gasteiger partial charge in [-0.3, -0.25) is 0 Å². The summed E-state index contributed by atoms with van der Waals surface area (Å²) in [7, 11) is 1.32. The molecule has 0 unspecified atom stereocenters. The number of methoxy groups -OCH3 is 1. The van der Waals surface area contributed by atoms with Gasteiger partial charge in [0.2, 0.25) is 0 Å². The molecule has 0 saturated heterocycles. The number of esters is 1. The molecule has 0 fully saturated rings. The molecule has 0 aliphatic carbocycles. The van der Waals surface area contributed by atoms with Crippen LogP contribution in [0.15, 0.2) is 22.7 Å². The van der Waals surface area contributed by atoms with Gasteiger partial charge in [0.1, 0.15) is 11.5 Å². The summed E-state index contributed by atoms with van der Waals surface area (Å²) in [6.45, 7) is 1.84. The number of hydrogen-bond acceptors (Lipinski definition) is 4. The van der Waals surface area contributed by atoms with E-state index in [0.29, 0.717) is 17.3 Å². The minimum atomic E-state index is -0.447. The molecule has 2 rings (SSSR count). The number of carbonyl (C=O) groups excluding carboxylic acids is 1. The number of nitrogens with zero attached hydrogens (tertiary/aromatic N) is 1. The van der Waals surface area contributed by atoms with Gasteiger partial charge in [-0.1, -0.05) is 0 Å². The molecule has 0 amide bonds. The van der Waals surface area contributed by atoms with E-state index in [2.05, 4.69) is 14.7 Å². The van der Waals surface area contributed by atoms with Crippen LogP contribution in [0.25, 0.3) is 11.6 Å². The number of H-pyrrole nitrogens is 1. The highest BCUT2D eigenvalue weighted by Crippen LogP contribution is 2.18. The Kier molecular flexibility index (Phi) is 2.29. The summed E-state index contributed by atoms with van der Waals surface area (Å²) in [6.07, 6.45) is 1.42. The van der Waals surface area contributed by atoms with Crippen molar-refractivity contribution < 1.29 is 13.9 Å². The van der Waals surface area contributed by atoms with Gasteiger partial charge in [-0.15, -0.1) is 0 Å². The second-order valence-electron chi connectivity index (χ2n) is 3.05. The molecule has 0 saturated carbocycles. The van der Waals surface area contributed by atoms with Crippen molar-refractivity contribution in [3.8, 4) is 11.6 Å². The summed E-state index contributed by atoms with van der Waals surface area (Å²) in [5.41, 5.74) is 0.307. The lowest BCUT2D eigenvalue weighted by molar-refractivity contribution is 0.0595. The topological polar surface area (TPSA) is 68.1 Å². The summed E-state index contributed by atoms with van der Waals surface area (Å²) >= 11 is 0. The van der Waals surface area contributed by atoms with Crippen LogP contribution in [-0.2, 0) is 4.74 Å². The summed E-state index contributed by atoms with van der Waals surface area (Å²) in [4.78, 5) is 18.0. The van der Waals surface area contributed by atoms with E-state index in [1.165, 1.54) is 13.3 Å². The smallest absolute Gasteiger partial charge is 0.356 e. The summed E-state index contributed by atoms with van der Waals surface area (Å²) in [5, 5.41) is 0. The van der Waals surface area contributed by atoms with Crippen LogP contribution < -0.4 is 0 Å². The maximum absolute atomic E-state index is 11.1. The van der Waals surface area contributed by atoms with Crippen molar-refractivity contribution in [2.24, 2.45) is 0 Å². The van der Waals surface area contributed by atoms with Gasteiger partial charge in [0, 0.05) is 0 Å². The SMILES string of the molecule is COC(=O)c1cnc(-c2ccc(C)o2)[nH]1. The van der Waals surface area contributed by atoms with Gasteiger partial charge < -0.3 is 14.1 Å². The number of carbonyl (C=O) groups is 1. The van der Waals surface area contributed by atoms with Crippen LogP contribution in [0.2, 0.25) is 0 Å². The van der Waals surface area contributed by atoms with Crippen LogP contribution >= 0.6 is 0 Å². The zero-order valence-electron chi connectivity index (χ0n) is 8.40. The molecular weight excluding hydrogens is 196 g/mol. The lowest BCUT2D eigenvalue weighted by Crippen LogP contribution is -2.00. The van der Waals surface area contributed by atoms with Crippen LogP contribution in [0.4, 0.5) is 0 Å². The number of aryl methyl sites for hydroxylation is 1. The van der Waals surface area contributed by atoms with Gasteiger partial charge in [0.25, 0.3) is 0 Å². The van der Waals surface area contributed by atoms with E-state index < -0.39 is 5.97 Å². The van der Waals surface area contributed by atoms with Crippen LogP contribution in [-0.4, -0.2) is 23.0 Å². The summed E-state index contributed by atoms with van der Waals surface area (Å²) in [5.74, 6) is 1.46. The number of furan rings is 1. The van der Waals surface area contributed by atoms with Crippen molar-refractivity contribution in [1.29, 1.82) is 0 Å². The Labute approximate surface area is 86.1 Å². The highest BCUT2D eigenvalue weighted by atomic mass is 16.5. The lowest BCUT2D eigenvalue weighted by Gasteiger charge is -1.92. The minimum Gasteiger partial charge on any atom is -0.464 e. The van der Waals surface area contributed by atoms with Crippen molar-refractivity contribution in [2.75, 3.05) is 7.11 Å². The molecule has 15 heavy (non-hydrogen) atoms. The highest BCUT2D eigenvalue weighted by molar-refractivity contribution is 5.87. The molecule has 5 nitrogen and oxygen atoms in total. The normalized spacial score (nSPS) is 10.3. The zero-order chi connectivity index (χ0) is 10.8. The van der Waals surface area contributed by atoms with E-state index in [4.69, 9.17) is 4.42 Å². The fourth-order valence-electron chi connectivity index (χ4n) is 1.22. The van der Waals surface area contributed by atoms with Gasteiger partial charge in [-0.2, -0.15) is 0 Å². The summed E-state index contributed by atoms with van der Waals surface area (Å²) < 4.78 is 9.90. The fraction of sp³-hybridized carbons (Fsp3) is 0.200. The van der Waals surface area contributed by atoms with Crippen molar-refractivity contribution in [3.05, 3.63) is 29.8 Å². The third kappa shape index (κ3) is 1.76. The van der Waals surface area contributed by atoms with E-state index in [-0.39, 0.29) is 0 Å². The standard InChI is InChI=1S/C10H10N2O3/c1-6-3-4-8(15-6)9-11-5-7(12-9)10(13)14-2/h3-5H,1-2H3,(H,11,12). The Hall–Kier alpha value is -2.04. The molecular formula is C10H10N2O3. The highest BCUT2D eigenvalue weighted by Gasteiger charge is 2.12. The second kappa shape index (κ2) is 3.61. The maximum atomic E-state index is 11.1. The Morgan fingerprint density at radius 1 is 1.53 bits per heavy atom. The zero-order valence-corrected chi connectivity index (χ0v) is 8.40. The van der Waals surface area contributed by atoms with Crippen molar-refractivity contribution >= 4 is 5.97 Å². The van der Waals surface area contributed by atoms with E-state index in [1.807, 2.05) is 13.0 Å². The molecule has 0 radical (unpaired) electrons. The fourth-order valence-corrected chi connectivity index (χ4v) is 1.22. The van der Waals surface area contributed by atoms with Crippen LogP contribution in [0.3, 0.4) is 0 Å². The molecule has 1 N–H and O–H groups in total. The average molecular weight is 206 g/mol. The largest absolute Gasteiger partial charge is 0.464 e. The van der Waals surface area contributed by atoms with Gasteiger partial charge in [-0.25, -0.2) is 9.78 Å². The van der Waals surface area contributed by atoms with Crippen LogP contribution in [0, 0.1) is 6.92 Å². The molecule has 2 aromatic heterocycles. The van der Waals surface area contributed by atoms with E-state index in [0.717, 1.165) is 5.76 Å². The molecule has 0 aliphatic rings. The molecule has 2 aromatic rings. The second-order valence-corrected chi connectivity index (χ2v) is 3.05. The Morgan fingerprint density at radius 2 is 2.33 bits per heavy atom. The number of rotatable bonds is 2. The molecule has 0 aliphatic heterocycles. The van der Waals surface area contributed by atoms with Crippen LogP contribution in [0.5, 0.6) is 0 Å². The van der Waals surface area contributed by atoms with Gasteiger partial charge >= 0.3 is 5.97 Å². The van der Waals surface area contributed by atoms with Crippen LogP contribution in [0.1, 0.15) is 16.2 Å². The summed E-state index contributed by atoms with van der Waals surface area (Å²) in [6, 6.07) is 3.62. The van der Waals surface area contributed by atoms with E-state index >= 15 is 0 Å². The first-order valence-corrected chi connectivity index (χ1v) is 4.41. The predicted octanol–water partition coefficient (Wildman–Crippen LogP) is 1.76. The van der Waals surface area contributed by atoms with E-state index in [1.54, 1.807) is 6.07 Å². The first-order chi connectivity index (χ1) is 7.20. The number of aromatic nitrogens is 2. The molecule has 2 heterocycles. The van der Waals surface area contributed by atoms with Gasteiger partial charge in [0.15, 0.2) is 11.6 Å². The maximum Gasteiger partial charge on any atom is 0.356 e. The Morgan fingerprint density at radius 3 is 2.93 bits per heavy atom.